The summed E-state index contributed by atoms with van der Waals surface area (Å²) in [6.07, 6.45) is 1.71. The SMILES string of the molecule is CCNC(=O)CNc1ccc(N)c2cccnc12. The quantitative estimate of drug-likeness (QED) is 0.709. The number of hydrogen-bond acceptors (Lipinski definition) is 4. The number of nitrogens with one attached hydrogen (secondary N) is 2. The fourth-order valence-corrected chi connectivity index (χ4v) is 1.77. The first-order valence-corrected chi connectivity index (χ1v) is 5.86. The molecule has 0 spiro atoms. The number of nitrogen functional groups attached to an aromatic ring is 1. The highest BCUT2D eigenvalue weighted by Crippen LogP contribution is 2.25. The van der Waals surface area contributed by atoms with Crippen molar-refractivity contribution in [3.63, 3.8) is 0 Å². The average molecular weight is 244 g/mol. The molecule has 5 heteroatoms. The van der Waals surface area contributed by atoms with Crippen molar-refractivity contribution < 1.29 is 4.79 Å². The van der Waals surface area contributed by atoms with Crippen molar-refractivity contribution in [1.82, 2.24) is 10.3 Å². The van der Waals surface area contributed by atoms with Crippen LogP contribution in [0.5, 0.6) is 0 Å². The van der Waals surface area contributed by atoms with E-state index >= 15 is 0 Å². The van der Waals surface area contributed by atoms with E-state index in [9.17, 15) is 4.79 Å². The summed E-state index contributed by atoms with van der Waals surface area (Å²) in [4.78, 5) is 15.7. The van der Waals surface area contributed by atoms with Gasteiger partial charge in [0.15, 0.2) is 0 Å². The summed E-state index contributed by atoms with van der Waals surface area (Å²) >= 11 is 0. The van der Waals surface area contributed by atoms with E-state index in [-0.39, 0.29) is 12.5 Å². The standard InChI is InChI=1S/C13H16N4O/c1-2-15-12(18)8-17-11-6-5-10(14)9-4-3-7-16-13(9)11/h3-7,17H,2,8,14H2,1H3,(H,15,18). The maximum atomic E-state index is 11.4. The molecule has 2 rings (SSSR count). The van der Waals surface area contributed by atoms with Gasteiger partial charge in [0, 0.05) is 23.8 Å². The van der Waals surface area contributed by atoms with Crippen LogP contribution in [0.4, 0.5) is 11.4 Å². The highest BCUT2D eigenvalue weighted by atomic mass is 16.1. The molecule has 0 aliphatic heterocycles. The van der Waals surface area contributed by atoms with Gasteiger partial charge in [-0.05, 0) is 31.2 Å². The Balaban J connectivity index is 2.24. The van der Waals surface area contributed by atoms with E-state index in [1.165, 1.54) is 0 Å². The molecule has 1 aromatic heterocycles. The molecule has 0 aliphatic rings. The molecule has 0 radical (unpaired) electrons. The molecule has 5 nitrogen and oxygen atoms in total. The van der Waals surface area contributed by atoms with Gasteiger partial charge < -0.3 is 16.4 Å². The van der Waals surface area contributed by atoms with Gasteiger partial charge in [0.2, 0.25) is 5.91 Å². The normalized spacial score (nSPS) is 10.3. The Morgan fingerprint density at radius 2 is 2.22 bits per heavy atom. The Bertz CT molecular complexity index is 568. The van der Waals surface area contributed by atoms with Crippen molar-refractivity contribution in [2.45, 2.75) is 6.92 Å². The van der Waals surface area contributed by atoms with Crippen LogP contribution in [0.15, 0.2) is 30.5 Å². The van der Waals surface area contributed by atoms with Crippen LogP contribution in [0, 0.1) is 0 Å². The number of pyridine rings is 1. The topological polar surface area (TPSA) is 80.0 Å². The fourth-order valence-electron chi connectivity index (χ4n) is 1.77. The first-order chi connectivity index (χ1) is 8.72. The van der Waals surface area contributed by atoms with Crippen LogP contribution in [0.3, 0.4) is 0 Å². The second kappa shape index (κ2) is 5.35. The second-order valence-electron chi connectivity index (χ2n) is 3.91. The number of carbonyl (C=O) groups is 1. The monoisotopic (exact) mass is 244 g/mol. The summed E-state index contributed by atoms with van der Waals surface area (Å²) in [6.45, 7) is 2.74. The molecule has 2 aromatic rings. The molecular formula is C13H16N4O. The number of nitrogens with zero attached hydrogens (tertiary/aromatic N) is 1. The van der Waals surface area contributed by atoms with E-state index in [0.29, 0.717) is 12.2 Å². The van der Waals surface area contributed by atoms with Gasteiger partial charge in [0.25, 0.3) is 0 Å². The maximum absolute atomic E-state index is 11.4. The zero-order valence-corrected chi connectivity index (χ0v) is 10.2. The van der Waals surface area contributed by atoms with E-state index in [0.717, 1.165) is 16.6 Å². The molecule has 0 bridgehead atoms. The van der Waals surface area contributed by atoms with Gasteiger partial charge in [-0.3, -0.25) is 9.78 Å². The lowest BCUT2D eigenvalue weighted by Crippen LogP contribution is -2.29. The Labute approximate surface area is 105 Å². The molecule has 0 saturated carbocycles. The van der Waals surface area contributed by atoms with Crippen molar-refractivity contribution in [3.05, 3.63) is 30.5 Å². The zero-order chi connectivity index (χ0) is 13.0. The smallest absolute Gasteiger partial charge is 0.239 e. The van der Waals surface area contributed by atoms with Gasteiger partial charge in [-0.15, -0.1) is 0 Å². The summed E-state index contributed by atoms with van der Waals surface area (Å²) in [5.74, 6) is -0.0431. The predicted molar refractivity (Wildman–Crippen MR) is 73.3 cm³/mol. The first-order valence-electron chi connectivity index (χ1n) is 5.86. The largest absolute Gasteiger partial charge is 0.398 e. The van der Waals surface area contributed by atoms with Crippen molar-refractivity contribution in [3.8, 4) is 0 Å². The van der Waals surface area contributed by atoms with Gasteiger partial charge in [-0.2, -0.15) is 0 Å². The van der Waals surface area contributed by atoms with Crippen LogP contribution in [-0.2, 0) is 4.79 Å². The van der Waals surface area contributed by atoms with Gasteiger partial charge in [-0.1, -0.05) is 0 Å². The minimum absolute atomic E-state index is 0.0431. The van der Waals surface area contributed by atoms with Crippen LogP contribution in [-0.4, -0.2) is 24.0 Å². The van der Waals surface area contributed by atoms with Crippen molar-refractivity contribution in [2.75, 3.05) is 24.1 Å². The molecule has 0 aliphatic carbocycles. The molecule has 0 atom stereocenters. The third kappa shape index (κ3) is 2.51. The summed E-state index contributed by atoms with van der Waals surface area (Å²) in [6, 6.07) is 7.40. The molecule has 4 N–H and O–H groups in total. The summed E-state index contributed by atoms with van der Waals surface area (Å²) in [7, 11) is 0. The second-order valence-corrected chi connectivity index (χ2v) is 3.91. The molecule has 1 amide bonds. The number of benzene rings is 1. The number of nitrogens with two attached hydrogens (primary N) is 1. The number of likely N-dealkylation sites (N-methyl/N-ethyl adjacent to an activating group) is 1. The summed E-state index contributed by atoms with van der Waals surface area (Å²) in [5.41, 5.74) is 8.15. The van der Waals surface area contributed by atoms with Crippen LogP contribution in [0.2, 0.25) is 0 Å². The fraction of sp³-hybridized carbons (Fsp3) is 0.231. The van der Waals surface area contributed by atoms with Crippen molar-refractivity contribution in [1.29, 1.82) is 0 Å². The number of amides is 1. The number of aromatic nitrogens is 1. The minimum atomic E-state index is -0.0431. The molecule has 18 heavy (non-hydrogen) atoms. The Morgan fingerprint density at radius 3 is 3.00 bits per heavy atom. The average Bonchev–Trinajstić information content (AvgIpc) is 2.39. The van der Waals surface area contributed by atoms with Gasteiger partial charge in [-0.25, -0.2) is 0 Å². The molecule has 1 heterocycles. The lowest BCUT2D eigenvalue weighted by molar-refractivity contribution is -0.119. The van der Waals surface area contributed by atoms with Gasteiger partial charge >= 0.3 is 0 Å². The van der Waals surface area contributed by atoms with Gasteiger partial charge in [0.1, 0.15) is 0 Å². The van der Waals surface area contributed by atoms with E-state index in [2.05, 4.69) is 15.6 Å². The minimum Gasteiger partial charge on any atom is -0.398 e. The van der Waals surface area contributed by atoms with Crippen LogP contribution in [0.1, 0.15) is 6.92 Å². The number of rotatable bonds is 4. The van der Waals surface area contributed by atoms with E-state index in [1.807, 2.05) is 31.2 Å². The third-order valence-electron chi connectivity index (χ3n) is 2.62. The molecular weight excluding hydrogens is 228 g/mol. The number of hydrogen-bond donors (Lipinski definition) is 3. The first kappa shape index (κ1) is 12.2. The Morgan fingerprint density at radius 1 is 1.39 bits per heavy atom. The van der Waals surface area contributed by atoms with Crippen LogP contribution < -0.4 is 16.4 Å². The molecule has 1 aromatic carbocycles. The highest BCUT2D eigenvalue weighted by Gasteiger charge is 2.06. The van der Waals surface area contributed by atoms with Crippen LogP contribution >= 0.6 is 0 Å². The Kier molecular flexibility index (Phi) is 3.62. The maximum Gasteiger partial charge on any atom is 0.239 e. The number of carbonyl (C=O) groups excluding carboxylic acids is 1. The highest BCUT2D eigenvalue weighted by molar-refractivity contribution is 5.99. The molecule has 0 unspecified atom stereocenters. The van der Waals surface area contributed by atoms with E-state index in [1.54, 1.807) is 6.20 Å². The van der Waals surface area contributed by atoms with Crippen molar-refractivity contribution >= 4 is 28.2 Å². The molecule has 0 saturated heterocycles. The van der Waals surface area contributed by atoms with E-state index < -0.39 is 0 Å². The zero-order valence-electron chi connectivity index (χ0n) is 10.2. The Hall–Kier alpha value is -2.30. The van der Waals surface area contributed by atoms with Gasteiger partial charge in [0.05, 0.1) is 17.7 Å². The molecule has 0 fully saturated rings. The van der Waals surface area contributed by atoms with Crippen molar-refractivity contribution in [2.24, 2.45) is 0 Å². The number of fused-ring (bicyclic) bond motifs is 1. The predicted octanol–water partition coefficient (Wildman–Crippen LogP) is 1.36. The lowest BCUT2D eigenvalue weighted by atomic mass is 10.1. The number of anilines is 2. The van der Waals surface area contributed by atoms with E-state index in [4.69, 9.17) is 5.73 Å². The summed E-state index contributed by atoms with van der Waals surface area (Å²) < 4.78 is 0. The summed E-state index contributed by atoms with van der Waals surface area (Å²) in [5, 5.41) is 6.69. The lowest BCUT2D eigenvalue weighted by Gasteiger charge is -2.10. The third-order valence-corrected chi connectivity index (χ3v) is 2.62. The van der Waals surface area contributed by atoms with Crippen LogP contribution in [0.25, 0.3) is 10.9 Å². The molecule has 94 valence electrons.